The number of carbonyl (C=O) groups excluding carboxylic acids is 1. The first kappa shape index (κ1) is 5.11. The second kappa shape index (κ2) is 1.83. The second-order valence-corrected chi connectivity index (χ2v) is 1.50. The molecule has 0 aliphatic carbocycles. The molecule has 0 aromatic heterocycles. The minimum absolute atomic E-state index is 0.250. The first-order chi connectivity index (χ1) is 3.79. The summed E-state index contributed by atoms with van der Waals surface area (Å²) in [6, 6.07) is -0.250. The predicted octanol–water partition coefficient (Wildman–Crippen LogP) is -0.902. The molecular weight excluding hydrogens is 106 g/mol. The Bertz CT molecular complexity index is 131. The van der Waals surface area contributed by atoms with Crippen LogP contribution in [-0.4, -0.2) is 12.2 Å². The highest BCUT2D eigenvalue weighted by atomic mass is 16.2. The smallest absolute Gasteiger partial charge is 0.319 e. The van der Waals surface area contributed by atoms with E-state index in [0.29, 0.717) is 0 Å². The van der Waals surface area contributed by atoms with Gasteiger partial charge in [0.25, 0.3) is 0 Å². The molecule has 4 nitrogen and oxygen atoms in total. The van der Waals surface area contributed by atoms with Gasteiger partial charge in [0.05, 0.1) is 6.17 Å². The molecule has 0 spiro atoms. The number of nitrogens with two attached hydrogens (primary N) is 1. The van der Waals surface area contributed by atoms with Gasteiger partial charge in [0.2, 0.25) is 0 Å². The van der Waals surface area contributed by atoms with Crippen LogP contribution in [-0.2, 0) is 0 Å². The predicted molar refractivity (Wildman–Crippen MR) is 28.8 cm³/mol. The SMILES string of the molecule is NC1C=CNC(=O)N1. The normalized spacial score (nSPS) is 26.6. The van der Waals surface area contributed by atoms with Gasteiger partial charge in [-0.2, -0.15) is 0 Å². The number of urea groups is 1. The van der Waals surface area contributed by atoms with Crippen LogP contribution in [0.3, 0.4) is 0 Å². The van der Waals surface area contributed by atoms with Crippen molar-refractivity contribution in [3.05, 3.63) is 12.3 Å². The quantitative estimate of drug-likeness (QED) is 0.381. The van der Waals surface area contributed by atoms with Crippen LogP contribution >= 0.6 is 0 Å². The lowest BCUT2D eigenvalue weighted by atomic mass is 10.4. The molecule has 0 fully saturated rings. The second-order valence-electron chi connectivity index (χ2n) is 1.50. The van der Waals surface area contributed by atoms with E-state index in [1.807, 2.05) is 0 Å². The van der Waals surface area contributed by atoms with Crippen LogP contribution < -0.4 is 16.4 Å². The van der Waals surface area contributed by atoms with E-state index in [2.05, 4.69) is 10.6 Å². The Morgan fingerprint density at radius 3 is 2.88 bits per heavy atom. The fourth-order valence-electron chi connectivity index (χ4n) is 0.469. The average Bonchev–Trinajstić information content (AvgIpc) is 1.64. The molecular formula is C4H7N3O. The Kier molecular flexibility index (Phi) is 1.17. The van der Waals surface area contributed by atoms with Crippen molar-refractivity contribution in [3.8, 4) is 0 Å². The van der Waals surface area contributed by atoms with E-state index in [-0.39, 0.29) is 12.2 Å². The maximum Gasteiger partial charge on any atom is 0.320 e. The molecule has 1 atom stereocenters. The molecule has 1 aliphatic rings. The molecule has 1 rings (SSSR count). The van der Waals surface area contributed by atoms with Gasteiger partial charge in [0.15, 0.2) is 0 Å². The first-order valence-electron chi connectivity index (χ1n) is 2.28. The van der Waals surface area contributed by atoms with Crippen LogP contribution in [0.15, 0.2) is 12.3 Å². The van der Waals surface area contributed by atoms with Gasteiger partial charge in [0.1, 0.15) is 0 Å². The van der Waals surface area contributed by atoms with E-state index in [0.717, 1.165) is 0 Å². The Balaban J connectivity index is 2.54. The van der Waals surface area contributed by atoms with E-state index in [1.165, 1.54) is 6.20 Å². The molecule has 44 valence electrons. The molecule has 2 amide bonds. The van der Waals surface area contributed by atoms with E-state index in [1.54, 1.807) is 6.08 Å². The summed E-state index contributed by atoms with van der Waals surface area (Å²) in [5, 5.41) is 4.82. The number of amides is 2. The van der Waals surface area contributed by atoms with Gasteiger partial charge in [0, 0.05) is 6.20 Å². The summed E-state index contributed by atoms with van der Waals surface area (Å²) in [6.45, 7) is 0. The lowest BCUT2D eigenvalue weighted by Crippen LogP contribution is -2.47. The van der Waals surface area contributed by atoms with Crippen molar-refractivity contribution in [1.82, 2.24) is 10.6 Å². The summed E-state index contributed by atoms with van der Waals surface area (Å²) < 4.78 is 0. The van der Waals surface area contributed by atoms with Crippen LogP contribution in [0.2, 0.25) is 0 Å². The molecule has 0 aromatic rings. The van der Waals surface area contributed by atoms with Gasteiger partial charge in [-0.15, -0.1) is 0 Å². The van der Waals surface area contributed by atoms with Gasteiger partial charge < -0.3 is 16.4 Å². The minimum Gasteiger partial charge on any atom is -0.319 e. The van der Waals surface area contributed by atoms with Gasteiger partial charge in [-0.1, -0.05) is 0 Å². The molecule has 4 N–H and O–H groups in total. The Morgan fingerprint density at radius 2 is 2.50 bits per heavy atom. The van der Waals surface area contributed by atoms with Crippen molar-refractivity contribution in [1.29, 1.82) is 0 Å². The summed E-state index contributed by atoms with van der Waals surface area (Å²) >= 11 is 0. The highest BCUT2D eigenvalue weighted by molar-refractivity contribution is 5.76. The molecule has 0 aromatic carbocycles. The Hall–Kier alpha value is -1.03. The highest BCUT2D eigenvalue weighted by Crippen LogP contribution is 1.81. The summed E-state index contributed by atoms with van der Waals surface area (Å²) in [4.78, 5) is 10.3. The van der Waals surface area contributed by atoms with Gasteiger partial charge >= 0.3 is 6.03 Å². The molecule has 4 heteroatoms. The van der Waals surface area contributed by atoms with E-state index in [9.17, 15) is 4.79 Å². The zero-order valence-corrected chi connectivity index (χ0v) is 4.22. The number of carbonyl (C=O) groups is 1. The molecule has 0 saturated heterocycles. The number of hydrogen-bond donors (Lipinski definition) is 3. The van der Waals surface area contributed by atoms with E-state index < -0.39 is 0 Å². The molecule has 8 heavy (non-hydrogen) atoms. The van der Waals surface area contributed by atoms with Crippen LogP contribution in [0.25, 0.3) is 0 Å². The summed E-state index contributed by atoms with van der Waals surface area (Å²) in [6.07, 6.45) is 2.84. The van der Waals surface area contributed by atoms with Crippen molar-refractivity contribution < 1.29 is 4.79 Å². The monoisotopic (exact) mass is 113 g/mol. The minimum atomic E-state index is -0.330. The Labute approximate surface area is 46.7 Å². The lowest BCUT2D eigenvalue weighted by molar-refractivity contribution is 0.241. The molecule has 1 heterocycles. The van der Waals surface area contributed by atoms with Crippen molar-refractivity contribution >= 4 is 6.03 Å². The maximum absolute atomic E-state index is 10.3. The average molecular weight is 113 g/mol. The fourth-order valence-corrected chi connectivity index (χ4v) is 0.469. The van der Waals surface area contributed by atoms with Crippen molar-refractivity contribution in [2.45, 2.75) is 6.17 Å². The number of nitrogens with one attached hydrogen (secondary N) is 2. The third-order valence-electron chi connectivity index (χ3n) is 0.816. The largest absolute Gasteiger partial charge is 0.320 e. The van der Waals surface area contributed by atoms with Crippen molar-refractivity contribution in [3.63, 3.8) is 0 Å². The highest BCUT2D eigenvalue weighted by Gasteiger charge is 2.05. The van der Waals surface area contributed by atoms with Gasteiger partial charge in [-0.05, 0) is 6.08 Å². The third-order valence-corrected chi connectivity index (χ3v) is 0.816. The van der Waals surface area contributed by atoms with Gasteiger partial charge in [-0.3, -0.25) is 0 Å². The maximum atomic E-state index is 10.3. The first-order valence-corrected chi connectivity index (χ1v) is 2.28. The third kappa shape index (κ3) is 0.974. The van der Waals surface area contributed by atoms with Gasteiger partial charge in [-0.25, -0.2) is 4.79 Å². The van der Waals surface area contributed by atoms with Crippen molar-refractivity contribution in [2.24, 2.45) is 5.73 Å². The molecule has 0 radical (unpaired) electrons. The van der Waals surface area contributed by atoms with Crippen LogP contribution in [0.5, 0.6) is 0 Å². The van der Waals surface area contributed by atoms with Crippen LogP contribution in [0, 0.1) is 0 Å². The topological polar surface area (TPSA) is 67.1 Å². The molecule has 0 saturated carbocycles. The van der Waals surface area contributed by atoms with E-state index in [4.69, 9.17) is 5.73 Å². The lowest BCUT2D eigenvalue weighted by Gasteiger charge is -2.13. The van der Waals surface area contributed by atoms with Crippen molar-refractivity contribution in [2.75, 3.05) is 0 Å². The summed E-state index contributed by atoms with van der Waals surface area (Å²) in [7, 11) is 0. The van der Waals surface area contributed by atoms with Crippen LogP contribution in [0.1, 0.15) is 0 Å². The zero-order valence-electron chi connectivity index (χ0n) is 4.22. The van der Waals surface area contributed by atoms with Crippen LogP contribution in [0.4, 0.5) is 4.79 Å². The molecule has 1 aliphatic heterocycles. The standard InChI is InChI=1S/C4H7N3O/c5-3-1-2-6-4(8)7-3/h1-3H,5H2,(H2,6,7,8). The molecule has 0 bridgehead atoms. The summed E-state index contributed by atoms with van der Waals surface area (Å²) in [5.41, 5.74) is 5.27. The van der Waals surface area contributed by atoms with E-state index >= 15 is 0 Å². The number of rotatable bonds is 0. The molecule has 1 unspecified atom stereocenters. The summed E-state index contributed by atoms with van der Waals surface area (Å²) in [5.74, 6) is 0. The Morgan fingerprint density at radius 1 is 1.75 bits per heavy atom. The zero-order chi connectivity index (χ0) is 5.98. The fraction of sp³-hybridized carbons (Fsp3) is 0.250. The number of hydrogen-bond acceptors (Lipinski definition) is 2.